The van der Waals surface area contributed by atoms with Crippen LogP contribution in [0.3, 0.4) is 0 Å². The van der Waals surface area contributed by atoms with Crippen LogP contribution in [-0.4, -0.2) is 61.7 Å². The molecule has 0 saturated heterocycles. The van der Waals surface area contributed by atoms with Gasteiger partial charge in [0.15, 0.2) is 0 Å². The number of fused-ring (bicyclic) bond motifs is 1. The van der Waals surface area contributed by atoms with Gasteiger partial charge in [0.1, 0.15) is 33.0 Å². The fourth-order valence-electron chi connectivity index (χ4n) is 3.58. The summed E-state index contributed by atoms with van der Waals surface area (Å²) in [5, 5.41) is 6.82. The van der Waals surface area contributed by atoms with Gasteiger partial charge < -0.3 is 29.6 Å². The lowest BCUT2D eigenvalue weighted by Gasteiger charge is -2.12. The Morgan fingerprint density at radius 1 is 0.625 bits per heavy atom. The average Bonchev–Trinajstić information content (AvgIpc) is 2.98. The zero-order valence-corrected chi connectivity index (χ0v) is 24.0. The van der Waals surface area contributed by atoms with Crippen LogP contribution < -0.4 is 29.6 Å². The van der Waals surface area contributed by atoms with Crippen molar-refractivity contribution in [3.05, 3.63) is 60.7 Å². The van der Waals surface area contributed by atoms with Gasteiger partial charge in [-0.25, -0.2) is 9.97 Å². The summed E-state index contributed by atoms with van der Waals surface area (Å²) in [4.78, 5) is 35.0. The number of nitrogens with zero attached hydrogens (tertiary/aromatic N) is 2. The number of anilines is 2. The van der Waals surface area contributed by atoms with Crippen molar-refractivity contribution < 1.29 is 28.5 Å². The standard InChI is InChI=1S/C28H28N4O6S2/c1-35-19-9-17(10-20(13-19)36-2)29-25(33)15-39-27-28(32-24-8-6-5-7-23(24)31-27)40-16-26(34)30-18-11-21(37-3)14-22(12-18)38-4/h5-14H,15-16H2,1-4H3,(H,29,33)(H,30,34). The van der Waals surface area contributed by atoms with Gasteiger partial charge in [-0.15, -0.1) is 0 Å². The fourth-order valence-corrected chi connectivity index (χ4v) is 5.27. The number of carbonyl (C=O) groups is 2. The third kappa shape index (κ3) is 7.70. The highest BCUT2D eigenvalue weighted by Crippen LogP contribution is 2.31. The largest absolute Gasteiger partial charge is 0.497 e. The maximum absolute atomic E-state index is 12.8. The molecule has 2 amide bonds. The van der Waals surface area contributed by atoms with Crippen molar-refractivity contribution in [3.8, 4) is 23.0 Å². The van der Waals surface area contributed by atoms with Crippen LogP contribution >= 0.6 is 23.5 Å². The van der Waals surface area contributed by atoms with Crippen LogP contribution in [0, 0.1) is 0 Å². The Hall–Kier alpha value is -4.16. The van der Waals surface area contributed by atoms with Crippen molar-refractivity contribution in [3.63, 3.8) is 0 Å². The third-order valence-electron chi connectivity index (χ3n) is 5.46. The van der Waals surface area contributed by atoms with E-state index < -0.39 is 0 Å². The SMILES string of the molecule is COc1cc(NC(=O)CSc2nc3ccccc3nc2SCC(=O)Nc2cc(OC)cc(OC)c2)cc(OC)c1. The Balaban J connectivity index is 1.45. The first-order valence-electron chi connectivity index (χ1n) is 12.0. The monoisotopic (exact) mass is 580 g/mol. The van der Waals surface area contributed by atoms with Gasteiger partial charge in [-0.3, -0.25) is 9.59 Å². The second-order valence-corrected chi connectivity index (χ2v) is 10.1. The Labute approximate surface area is 240 Å². The van der Waals surface area contributed by atoms with E-state index in [1.54, 1.807) is 64.8 Å². The van der Waals surface area contributed by atoms with E-state index in [1.165, 1.54) is 23.5 Å². The molecule has 4 rings (SSSR count). The predicted octanol–water partition coefficient (Wildman–Crippen LogP) is 5.13. The number of hydrogen-bond acceptors (Lipinski definition) is 10. The molecule has 3 aromatic carbocycles. The average molecular weight is 581 g/mol. The smallest absolute Gasteiger partial charge is 0.234 e. The second kappa shape index (κ2) is 13.8. The number of hydrogen-bond donors (Lipinski definition) is 2. The van der Waals surface area contributed by atoms with Crippen LogP contribution in [0.2, 0.25) is 0 Å². The van der Waals surface area contributed by atoms with Crippen LogP contribution in [0.15, 0.2) is 70.7 Å². The molecule has 10 nitrogen and oxygen atoms in total. The highest BCUT2D eigenvalue weighted by Gasteiger charge is 2.15. The summed E-state index contributed by atoms with van der Waals surface area (Å²) in [5.74, 6) is 1.93. The number of methoxy groups -OCH3 is 4. The summed E-state index contributed by atoms with van der Waals surface area (Å²) < 4.78 is 21.1. The summed E-state index contributed by atoms with van der Waals surface area (Å²) in [6, 6.07) is 17.7. The van der Waals surface area contributed by atoms with Gasteiger partial charge in [0, 0.05) is 47.8 Å². The number of ether oxygens (including phenoxy) is 4. The quantitative estimate of drug-likeness (QED) is 0.218. The molecule has 0 aliphatic carbocycles. The summed E-state index contributed by atoms with van der Waals surface area (Å²) in [6.07, 6.45) is 0. The number of para-hydroxylation sites is 2. The zero-order chi connectivity index (χ0) is 28.5. The minimum atomic E-state index is -0.240. The molecule has 1 aromatic heterocycles. The van der Waals surface area contributed by atoms with Crippen molar-refractivity contribution in [1.29, 1.82) is 0 Å². The van der Waals surface area contributed by atoms with Crippen molar-refractivity contribution in [2.45, 2.75) is 10.1 Å². The number of nitrogens with one attached hydrogen (secondary N) is 2. The molecule has 40 heavy (non-hydrogen) atoms. The van der Waals surface area contributed by atoms with Gasteiger partial charge in [0.25, 0.3) is 0 Å². The van der Waals surface area contributed by atoms with Crippen LogP contribution in [0.25, 0.3) is 11.0 Å². The van der Waals surface area contributed by atoms with E-state index in [-0.39, 0.29) is 23.3 Å². The predicted molar refractivity (Wildman–Crippen MR) is 157 cm³/mol. The molecule has 0 spiro atoms. The molecule has 1 heterocycles. The molecule has 0 aliphatic rings. The van der Waals surface area contributed by atoms with Gasteiger partial charge in [0.2, 0.25) is 11.8 Å². The number of amides is 2. The Morgan fingerprint density at radius 2 is 0.975 bits per heavy atom. The molecule has 0 fully saturated rings. The summed E-state index contributed by atoms with van der Waals surface area (Å²) in [7, 11) is 6.17. The Kier molecular flexibility index (Phi) is 9.92. The number of carbonyl (C=O) groups excluding carboxylic acids is 2. The van der Waals surface area contributed by atoms with Gasteiger partial charge in [0.05, 0.1) is 51.0 Å². The molecule has 0 bridgehead atoms. The van der Waals surface area contributed by atoms with Crippen molar-refractivity contribution >= 4 is 57.7 Å². The van der Waals surface area contributed by atoms with E-state index in [1.807, 2.05) is 24.3 Å². The van der Waals surface area contributed by atoms with Gasteiger partial charge >= 0.3 is 0 Å². The van der Waals surface area contributed by atoms with Crippen molar-refractivity contribution in [1.82, 2.24) is 9.97 Å². The van der Waals surface area contributed by atoms with Crippen molar-refractivity contribution in [2.24, 2.45) is 0 Å². The third-order valence-corrected chi connectivity index (χ3v) is 7.52. The minimum Gasteiger partial charge on any atom is -0.497 e. The Bertz CT molecular complexity index is 1360. The summed E-state index contributed by atoms with van der Waals surface area (Å²) in [5.41, 5.74) is 2.49. The molecule has 0 radical (unpaired) electrons. The number of aromatic nitrogens is 2. The fraction of sp³-hybridized carbons (Fsp3) is 0.214. The lowest BCUT2D eigenvalue weighted by atomic mass is 10.2. The first-order chi connectivity index (χ1) is 19.4. The number of rotatable bonds is 12. The lowest BCUT2D eigenvalue weighted by molar-refractivity contribution is -0.114. The molecular formula is C28H28N4O6S2. The molecule has 208 valence electrons. The maximum atomic E-state index is 12.8. The van der Waals surface area contributed by atoms with Gasteiger partial charge in [-0.1, -0.05) is 35.7 Å². The van der Waals surface area contributed by atoms with E-state index in [2.05, 4.69) is 10.6 Å². The van der Waals surface area contributed by atoms with Gasteiger partial charge in [-0.2, -0.15) is 0 Å². The number of thioether (sulfide) groups is 2. The lowest BCUT2D eigenvalue weighted by Crippen LogP contribution is -2.15. The molecule has 2 N–H and O–H groups in total. The highest BCUT2D eigenvalue weighted by molar-refractivity contribution is 8.02. The highest BCUT2D eigenvalue weighted by atomic mass is 32.2. The van der Waals surface area contributed by atoms with E-state index in [0.717, 1.165) is 0 Å². The molecular weight excluding hydrogens is 552 g/mol. The zero-order valence-electron chi connectivity index (χ0n) is 22.3. The topological polar surface area (TPSA) is 121 Å². The molecule has 4 aromatic rings. The number of benzene rings is 3. The van der Waals surface area contributed by atoms with Crippen molar-refractivity contribution in [2.75, 3.05) is 50.6 Å². The van der Waals surface area contributed by atoms with Crippen LogP contribution in [-0.2, 0) is 9.59 Å². The van der Waals surface area contributed by atoms with E-state index in [4.69, 9.17) is 28.9 Å². The molecule has 12 heteroatoms. The molecule has 0 unspecified atom stereocenters. The normalized spacial score (nSPS) is 10.6. The second-order valence-electron chi connectivity index (χ2n) is 8.20. The van der Waals surface area contributed by atoms with Crippen LogP contribution in [0.1, 0.15) is 0 Å². The first-order valence-corrected chi connectivity index (χ1v) is 14.0. The minimum absolute atomic E-state index is 0.0793. The van der Waals surface area contributed by atoms with Crippen LogP contribution in [0.5, 0.6) is 23.0 Å². The van der Waals surface area contributed by atoms with Gasteiger partial charge in [-0.05, 0) is 12.1 Å². The Morgan fingerprint density at radius 3 is 1.30 bits per heavy atom. The summed E-state index contributed by atoms with van der Waals surface area (Å²) in [6.45, 7) is 0. The van der Waals surface area contributed by atoms with E-state index >= 15 is 0 Å². The molecule has 0 aliphatic heterocycles. The van der Waals surface area contributed by atoms with E-state index in [9.17, 15) is 9.59 Å². The molecule has 0 atom stereocenters. The molecule has 0 saturated carbocycles. The van der Waals surface area contributed by atoms with E-state index in [0.29, 0.717) is 55.5 Å². The maximum Gasteiger partial charge on any atom is 0.234 e. The first kappa shape index (κ1) is 28.8. The van der Waals surface area contributed by atoms with Crippen LogP contribution in [0.4, 0.5) is 11.4 Å². The summed E-state index contributed by atoms with van der Waals surface area (Å²) >= 11 is 2.48.